The number of rotatable bonds is 5. The van der Waals surface area contributed by atoms with Gasteiger partial charge < -0.3 is 5.32 Å². The minimum atomic E-state index is 0.668. The van der Waals surface area contributed by atoms with Crippen LogP contribution in [-0.4, -0.2) is 26.8 Å². The molecule has 0 atom stereocenters. The van der Waals surface area contributed by atoms with Gasteiger partial charge in [-0.25, -0.2) is 0 Å². The lowest BCUT2D eigenvalue weighted by atomic mass is 10.2. The summed E-state index contributed by atoms with van der Waals surface area (Å²) in [6.07, 6.45) is 1.09. The first-order chi connectivity index (χ1) is 8.72. The fourth-order valence-electron chi connectivity index (χ4n) is 1.66. The number of aromatic nitrogens is 4. The number of nitrogens with one attached hydrogen (secondary N) is 1. The Bertz CT molecular complexity index is 523. The molecule has 0 bridgehead atoms. The Kier molecular flexibility index (Phi) is 4.43. The summed E-state index contributed by atoms with van der Waals surface area (Å²) in [7, 11) is 0. The SMILES string of the molecule is CCCNCc1nnnn1-c1ccc(C)cc1Br. The van der Waals surface area contributed by atoms with E-state index in [-0.39, 0.29) is 0 Å². The Labute approximate surface area is 115 Å². The molecule has 0 aliphatic carbocycles. The number of aryl methyl sites for hydroxylation is 1. The maximum absolute atomic E-state index is 4.05. The highest BCUT2D eigenvalue weighted by Gasteiger charge is 2.10. The van der Waals surface area contributed by atoms with Gasteiger partial charge in [0, 0.05) is 4.47 Å². The predicted molar refractivity (Wildman–Crippen MR) is 73.6 cm³/mol. The van der Waals surface area contributed by atoms with E-state index in [0.717, 1.165) is 29.0 Å². The fraction of sp³-hybridized carbons (Fsp3) is 0.417. The predicted octanol–water partition coefficient (Wildman–Crippen LogP) is 2.23. The highest BCUT2D eigenvalue weighted by Crippen LogP contribution is 2.22. The first kappa shape index (κ1) is 13.2. The Balaban J connectivity index is 2.25. The molecule has 0 saturated carbocycles. The molecule has 1 heterocycles. The molecule has 2 aromatic rings. The van der Waals surface area contributed by atoms with Crippen molar-refractivity contribution in [2.45, 2.75) is 26.8 Å². The topological polar surface area (TPSA) is 55.6 Å². The van der Waals surface area contributed by atoms with E-state index >= 15 is 0 Å². The highest BCUT2D eigenvalue weighted by molar-refractivity contribution is 9.10. The van der Waals surface area contributed by atoms with Gasteiger partial charge in [0.15, 0.2) is 5.82 Å². The smallest absolute Gasteiger partial charge is 0.170 e. The van der Waals surface area contributed by atoms with Gasteiger partial charge in [0.25, 0.3) is 0 Å². The number of hydrogen-bond acceptors (Lipinski definition) is 4. The van der Waals surface area contributed by atoms with Crippen molar-refractivity contribution in [2.75, 3.05) is 6.54 Å². The van der Waals surface area contributed by atoms with Crippen molar-refractivity contribution in [3.63, 3.8) is 0 Å². The molecule has 0 radical (unpaired) electrons. The quantitative estimate of drug-likeness (QED) is 0.861. The van der Waals surface area contributed by atoms with Crippen molar-refractivity contribution in [1.29, 1.82) is 0 Å². The zero-order valence-electron chi connectivity index (χ0n) is 10.5. The Morgan fingerprint density at radius 2 is 2.22 bits per heavy atom. The Morgan fingerprint density at radius 1 is 1.39 bits per heavy atom. The van der Waals surface area contributed by atoms with Crippen LogP contribution < -0.4 is 5.32 Å². The summed E-state index contributed by atoms with van der Waals surface area (Å²) in [5.74, 6) is 0.813. The van der Waals surface area contributed by atoms with E-state index < -0.39 is 0 Å². The zero-order chi connectivity index (χ0) is 13.0. The Hall–Kier alpha value is -1.27. The van der Waals surface area contributed by atoms with E-state index in [1.165, 1.54) is 5.56 Å². The van der Waals surface area contributed by atoms with Crippen LogP contribution in [0.1, 0.15) is 24.7 Å². The van der Waals surface area contributed by atoms with Crippen molar-refractivity contribution >= 4 is 15.9 Å². The molecule has 0 aliphatic heterocycles. The van der Waals surface area contributed by atoms with Crippen LogP contribution in [0.25, 0.3) is 5.69 Å². The molecule has 1 aromatic heterocycles. The molecule has 2 rings (SSSR count). The van der Waals surface area contributed by atoms with Gasteiger partial charge in [-0.15, -0.1) is 5.10 Å². The third-order valence-electron chi connectivity index (χ3n) is 2.58. The molecule has 0 fully saturated rings. The van der Waals surface area contributed by atoms with Crippen molar-refractivity contribution in [1.82, 2.24) is 25.5 Å². The lowest BCUT2D eigenvalue weighted by Gasteiger charge is -2.08. The average Bonchev–Trinajstić information content (AvgIpc) is 2.78. The summed E-state index contributed by atoms with van der Waals surface area (Å²) in [5.41, 5.74) is 2.16. The van der Waals surface area contributed by atoms with Crippen LogP contribution in [0, 0.1) is 6.92 Å². The van der Waals surface area contributed by atoms with E-state index in [2.05, 4.69) is 56.7 Å². The maximum Gasteiger partial charge on any atom is 0.170 e. The van der Waals surface area contributed by atoms with Crippen LogP contribution >= 0.6 is 15.9 Å². The van der Waals surface area contributed by atoms with E-state index in [1.807, 2.05) is 12.1 Å². The van der Waals surface area contributed by atoms with E-state index in [0.29, 0.717) is 6.54 Å². The second-order valence-corrected chi connectivity index (χ2v) is 4.99. The first-order valence-electron chi connectivity index (χ1n) is 5.97. The Morgan fingerprint density at radius 3 is 2.94 bits per heavy atom. The van der Waals surface area contributed by atoms with Gasteiger partial charge in [0.2, 0.25) is 0 Å². The van der Waals surface area contributed by atoms with Gasteiger partial charge in [-0.3, -0.25) is 0 Å². The molecule has 5 nitrogen and oxygen atoms in total. The molecule has 6 heteroatoms. The number of nitrogens with zero attached hydrogens (tertiary/aromatic N) is 4. The first-order valence-corrected chi connectivity index (χ1v) is 6.76. The summed E-state index contributed by atoms with van der Waals surface area (Å²) in [6, 6.07) is 6.12. The third kappa shape index (κ3) is 2.94. The molecule has 18 heavy (non-hydrogen) atoms. The van der Waals surface area contributed by atoms with E-state index in [4.69, 9.17) is 0 Å². The minimum absolute atomic E-state index is 0.668. The normalized spacial score (nSPS) is 10.8. The molecule has 0 unspecified atom stereocenters. The van der Waals surface area contributed by atoms with Gasteiger partial charge in [-0.1, -0.05) is 13.0 Å². The van der Waals surface area contributed by atoms with E-state index in [1.54, 1.807) is 4.68 Å². The van der Waals surface area contributed by atoms with Gasteiger partial charge in [-0.2, -0.15) is 4.68 Å². The summed E-state index contributed by atoms with van der Waals surface area (Å²) in [6.45, 7) is 5.81. The van der Waals surface area contributed by atoms with Crippen LogP contribution in [0.15, 0.2) is 22.7 Å². The summed E-state index contributed by atoms with van der Waals surface area (Å²) in [4.78, 5) is 0. The molecule has 1 N–H and O–H groups in total. The van der Waals surface area contributed by atoms with Gasteiger partial charge in [0.1, 0.15) is 0 Å². The molecule has 1 aromatic carbocycles. The van der Waals surface area contributed by atoms with Crippen LogP contribution in [-0.2, 0) is 6.54 Å². The number of tetrazole rings is 1. The van der Waals surface area contributed by atoms with Gasteiger partial charge >= 0.3 is 0 Å². The number of halogens is 1. The number of benzene rings is 1. The molecular formula is C12H16BrN5. The molecule has 0 saturated heterocycles. The highest BCUT2D eigenvalue weighted by atomic mass is 79.9. The maximum atomic E-state index is 4.05. The molecule has 0 spiro atoms. The van der Waals surface area contributed by atoms with Crippen LogP contribution in [0.5, 0.6) is 0 Å². The van der Waals surface area contributed by atoms with Crippen LogP contribution in [0.3, 0.4) is 0 Å². The fourth-order valence-corrected chi connectivity index (χ4v) is 2.32. The monoisotopic (exact) mass is 309 g/mol. The molecule has 96 valence electrons. The standard InChI is InChI=1S/C12H16BrN5/c1-3-6-14-8-12-15-16-17-18(12)11-5-4-9(2)7-10(11)13/h4-5,7,14H,3,6,8H2,1-2H3. The van der Waals surface area contributed by atoms with Crippen molar-refractivity contribution in [3.8, 4) is 5.69 Å². The van der Waals surface area contributed by atoms with Gasteiger partial charge in [0.05, 0.1) is 12.2 Å². The summed E-state index contributed by atoms with van der Waals surface area (Å²) in [5, 5.41) is 15.1. The molecular weight excluding hydrogens is 294 g/mol. The van der Waals surface area contributed by atoms with Crippen molar-refractivity contribution < 1.29 is 0 Å². The lowest BCUT2D eigenvalue weighted by Crippen LogP contribution is -2.17. The van der Waals surface area contributed by atoms with E-state index in [9.17, 15) is 0 Å². The lowest BCUT2D eigenvalue weighted by molar-refractivity contribution is 0.632. The van der Waals surface area contributed by atoms with Crippen molar-refractivity contribution in [2.24, 2.45) is 0 Å². The third-order valence-corrected chi connectivity index (χ3v) is 3.21. The largest absolute Gasteiger partial charge is 0.310 e. The second-order valence-electron chi connectivity index (χ2n) is 4.14. The van der Waals surface area contributed by atoms with Crippen LogP contribution in [0.2, 0.25) is 0 Å². The number of hydrogen-bond donors (Lipinski definition) is 1. The van der Waals surface area contributed by atoms with Crippen LogP contribution in [0.4, 0.5) is 0 Å². The van der Waals surface area contributed by atoms with Gasteiger partial charge in [-0.05, 0) is 63.9 Å². The zero-order valence-corrected chi connectivity index (χ0v) is 12.1. The molecule has 0 amide bonds. The minimum Gasteiger partial charge on any atom is -0.310 e. The average molecular weight is 310 g/mol. The van der Waals surface area contributed by atoms with Crippen molar-refractivity contribution in [3.05, 3.63) is 34.1 Å². The summed E-state index contributed by atoms with van der Waals surface area (Å²) >= 11 is 3.55. The second kappa shape index (κ2) is 6.06. The summed E-state index contributed by atoms with van der Waals surface area (Å²) < 4.78 is 2.75. The molecule has 0 aliphatic rings.